The first kappa shape index (κ1) is 17.0. The molecule has 0 saturated carbocycles. The van der Waals surface area contributed by atoms with E-state index < -0.39 is 12.1 Å². The molecule has 2 N–H and O–H groups in total. The predicted molar refractivity (Wildman–Crippen MR) is 87.1 cm³/mol. The Morgan fingerprint density at radius 1 is 1.27 bits per heavy atom. The van der Waals surface area contributed by atoms with Gasteiger partial charge in [0.1, 0.15) is 0 Å². The van der Waals surface area contributed by atoms with Crippen molar-refractivity contribution in [1.82, 2.24) is 4.90 Å². The molecular formula is C18H27NO3. The number of aromatic carboxylic acids is 1. The topological polar surface area (TPSA) is 60.8 Å². The highest BCUT2D eigenvalue weighted by molar-refractivity contribution is 5.87. The van der Waals surface area contributed by atoms with Crippen molar-refractivity contribution >= 4 is 5.97 Å². The number of likely N-dealkylation sites (tertiary alicyclic amines) is 1. The molecule has 1 fully saturated rings. The molecule has 1 aromatic carbocycles. The number of hydrogen-bond acceptors (Lipinski definition) is 3. The molecule has 0 radical (unpaired) electrons. The molecule has 1 atom stereocenters. The molecule has 0 bridgehead atoms. The van der Waals surface area contributed by atoms with Crippen molar-refractivity contribution in [2.45, 2.75) is 45.1 Å². The number of hydrogen-bond donors (Lipinski definition) is 2. The van der Waals surface area contributed by atoms with Crippen LogP contribution in [0.4, 0.5) is 0 Å². The highest BCUT2D eigenvalue weighted by atomic mass is 16.4. The van der Waals surface area contributed by atoms with Crippen LogP contribution in [0.2, 0.25) is 0 Å². The lowest BCUT2D eigenvalue weighted by atomic mass is 9.91. The van der Waals surface area contributed by atoms with E-state index in [1.807, 2.05) is 0 Å². The predicted octanol–water partition coefficient (Wildman–Crippen LogP) is 3.32. The average Bonchev–Trinajstić information content (AvgIpc) is 2.54. The molecule has 1 unspecified atom stereocenters. The Balaban J connectivity index is 1.80. The molecule has 1 aromatic rings. The summed E-state index contributed by atoms with van der Waals surface area (Å²) in [7, 11) is 0. The summed E-state index contributed by atoms with van der Waals surface area (Å²) >= 11 is 0. The van der Waals surface area contributed by atoms with Crippen molar-refractivity contribution in [3.63, 3.8) is 0 Å². The standard InChI is InChI=1S/C18H27NO3/c1-2-3-4-14-9-11-19(12-10-14)13-17(20)15-5-7-16(8-6-15)18(21)22/h5-8,14,17,20H,2-4,9-13H2,1H3,(H,21,22). The van der Waals surface area contributed by atoms with Crippen molar-refractivity contribution in [2.24, 2.45) is 5.92 Å². The first-order valence-corrected chi connectivity index (χ1v) is 8.33. The van der Waals surface area contributed by atoms with E-state index in [0.29, 0.717) is 6.54 Å². The molecule has 0 spiro atoms. The third kappa shape index (κ3) is 4.82. The Labute approximate surface area is 132 Å². The van der Waals surface area contributed by atoms with Crippen LogP contribution in [0, 0.1) is 5.92 Å². The molecule has 0 aromatic heterocycles. The SMILES string of the molecule is CCCCC1CCN(CC(O)c2ccc(C(=O)O)cc2)CC1. The zero-order chi connectivity index (χ0) is 15.9. The summed E-state index contributed by atoms with van der Waals surface area (Å²) < 4.78 is 0. The maximum atomic E-state index is 10.8. The van der Waals surface area contributed by atoms with Crippen LogP contribution >= 0.6 is 0 Å². The average molecular weight is 305 g/mol. The van der Waals surface area contributed by atoms with Crippen LogP contribution < -0.4 is 0 Å². The van der Waals surface area contributed by atoms with Gasteiger partial charge in [0.25, 0.3) is 0 Å². The fourth-order valence-electron chi connectivity index (χ4n) is 3.15. The van der Waals surface area contributed by atoms with Crippen molar-refractivity contribution < 1.29 is 15.0 Å². The molecule has 22 heavy (non-hydrogen) atoms. The van der Waals surface area contributed by atoms with Crippen LogP contribution in [0.25, 0.3) is 0 Å². The summed E-state index contributed by atoms with van der Waals surface area (Å²) in [6.07, 6.45) is 5.84. The zero-order valence-electron chi connectivity index (χ0n) is 13.4. The van der Waals surface area contributed by atoms with Gasteiger partial charge in [-0.25, -0.2) is 4.79 Å². The second kappa shape index (κ2) is 8.30. The molecule has 122 valence electrons. The van der Waals surface area contributed by atoms with Gasteiger partial charge in [0, 0.05) is 6.54 Å². The molecule has 0 aliphatic carbocycles. The van der Waals surface area contributed by atoms with E-state index in [-0.39, 0.29) is 5.56 Å². The first-order valence-electron chi connectivity index (χ1n) is 8.33. The third-order valence-corrected chi connectivity index (χ3v) is 4.65. The number of rotatable bonds is 7. The molecular weight excluding hydrogens is 278 g/mol. The quantitative estimate of drug-likeness (QED) is 0.811. The van der Waals surface area contributed by atoms with E-state index in [2.05, 4.69) is 11.8 Å². The lowest BCUT2D eigenvalue weighted by Gasteiger charge is -2.33. The summed E-state index contributed by atoms with van der Waals surface area (Å²) in [5, 5.41) is 19.2. The van der Waals surface area contributed by atoms with Gasteiger partial charge in [0.15, 0.2) is 0 Å². The molecule has 0 amide bonds. The van der Waals surface area contributed by atoms with Gasteiger partial charge in [-0.1, -0.05) is 38.3 Å². The van der Waals surface area contributed by atoms with Crippen LogP contribution in [0.15, 0.2) is 24.3 Å². The highest BCUT2D eigenvalue weighted by Gasteiger charge is 2.21. The summed E-state index contributed by atoms with van der Waals surface area (Å²) in [6, 6.07) is 6.53. The van der Waals surface area contributed by atoms with Gasteiger partial charge in [-0.15, -0.1) is 0 Å². The number of carboxylic acid groups (broad SMARTS) is 1. The molecule has 4 heteroatoms. The minimum atomic E-state index is -0.935. The van der Waals surface area contributed by atoms with Crippen molar-refractivity contribution in [3.05, 3.63) is 35.4 Å². The molecule has 1 heterocycles. The number of nitrogens with zero attached hydrogens (tertiary/aromatic N) is 1. The van der Waals surface area contributed by atoms with Gasteiger partial charge >= 0.3 is 5.97 Å². The van der Waals surface area contributed by atoms with Crippen LogP contribution in [-0.4, -0.2) is 40.7 Å². The summed E-state index contributed by atoms with van der Waals surface area (Å²) in [5.41, 5.74) is 1.05. The van der Waals surface area contributed by atoms with E-state index in [1.165, 1.54) is 32.1 Å². The van der Waals surface area contributed by atoms with Crippen LogP contribution in [0.3, 0.4) is 0 Å². The van der Waals surface area contributed by atoms with Gasteiger partial charge in [-0.2, -0.15) is 0 Å². The Kier molecular flexibility index (Phi) is 6.40. The normalized spacial score (nSPS) is 18.3. The van der Waals surface area contributed by atoms with Gasteiger partial charge in [-0.05, 0) is 49.5 Å². The molecule has 1 aliphatic rings. The summed E-state index contributed by atoms with van der Waals surface area (Å²) in [5.74, 6) is -0.0848. The van der Waals surface area contributed by atoms with E-state index >= 15 is 0 Å². The monoisotopic (exact) mass is 305 g/mol. The van der Waals surface area contributed by atoms with Crippen molar-refractivity contribution in [1.29, 1.82) is 0 Å². The van der Waals surface area contributed by atoms with E-state index in [1.54, 1.807) is 24.3 Å². The maximum absolute atomic E-state index is 10.8. The van der Waals surface area contributed by atoms with Gasteiger partial charge in [0.2, 0.25) is 0 Å². The van der Waals surface area contributed by atoms with Crippen LogP contribution in [0.1, 0.15) is 61.1 Å². The smallest absolute Gasteiger partial charge is 0.335 e. The Hall–Kier alpha value is -1.39. The minimum Gasteiger partial charge on any atom is -0.478 e. The van der Waals surface area contributed by atoms with Gasteiger partial charge < -0.3 is 15.1 Å². The number of unbranched alkanes of at least 4 members (excludes halogenated alkanes) is 1. The summed E-state index contributed by atoms with van der Waals surface area (Å²) in [4.78, 5) is 13.2. The third-order valence-electron chi connectivity index (χ3n) is 4.65. The van der Waals surface area contributed by atoms with Crippen LogP contribution in [-0.2, 0) is 0 Å². The number of carboxylic acids is 1. The first-order chi connectivity index (χ1) is 10.6. The number of carbonyl (C=O) groups is 1. The second-order valence-corrected chi connectivity index (χ2v) is 6.33. The highest BCUT2D eigenvalue weighted by Crippen LogP contribution is 2.24. The van der Waals surface area contributed by atoms with E-state index in [9.17, 15) is 9.90 Å². The Morgan fingerprint density at radius 2 is 1.91 bits per heavy atom. The van der Waals surface area contributed by atoms with Gasteiger partial charge in [-0.3, -0.25) is 0 Å². The number of aliphatic hydroxyl groups excluding tert-OH is 1. The zero-order valence-corrected chi connectivity index (χ0v) is 13.4. The van der Waals surface area contributed by atoms with E-state index in [4.69, 9.17) is 5.11 Å². The van der Waals surface area contributed by atoms with E-state index in [0.717, 1.165) is 24.6 Å². The Bertz CT molecular complexity index is 464. The fourth-order valence-corrected chi connectivity index (χ4v) is 3.15. The minimum absolute atomic E-state index is 0.257. The number of benzene rings is 1. The molecule has 1 saturated heterocycles. The van der Waals surface area contributed by atoms with Gasteiger partial charge in [0.05, 0.1) is 11.7 Å². The maximum Gasteiger partial charge on any atom is 0.335 e. The number of aliphatic hydroxyl groups is 1. The molecule has 4 nitrogen and oxygen atoms in total. The number of piperidine rings is 1. The lowest BCUT2D eigenvalue weighted by Crippen LogP contribution is -2.36. The lowest BCUT2D eigenvalue weighted by molar-refractivity contribution is 0.0696. The summed E-state index contributed by atoms with van der Waals surface area (Å²) in [6.45, 7) is 4.98. The Morgan fingerprint density at radius 3 is 2.45 bits per heavy atom. The molecule has 1 aliphatic heterocycles. The largest absolute Gasteiger partial charge is 0.478 e. The van der Waals surface area contributed by atoms with Crippen molar-refractivity contribution in [2.75, 3.05) is 19.6 Å². The fraction of sp³-hybridized carbons (Fsp3) is 0.611. The van der Waals surface area contributed by atoms with Crippen molar-refractivity contribution in [3.8, 4) is 0 Å². The molecule has 2 rings (SSSR count). The number of β-amino-alcohol motifs (C(OH)–C–C–N with tert-alkyl or cyclic N) is 1. The second-order valence-electron chi connectivity index (χ2n) is 6.33. The van der Waals surface area contributed by atoms with Crippen LogP contribution in [0.5, 0.6) is 0 Å².